The van der Waals surface area contributed by atoms with Crippen molar-refractivity contribution in [3.8, 4) is 0 Å². The van der Waals surface area contributed by atoms with Gasteiger partial charge < -0.3 is 9.47 Å². The van der Waals surface area contributed by atoms with Crippen LogP contribution in [0.1, 0.15) is 13.8 Å². The quantitative estimate of drug-likeness (QED) is 0.580. The van der Waals surface area contributed by atoms with Crippen LogP contribution < -0.4 is 5.32 Å². The topological polar surface area (TPSA) is 47.6 Å². The second kappa shape index (κ2) is 3.69. The zero-order valence-corrected chi connectivity index (χ0v) is 6.79. The van der Waals surface area contributed by atoms with E-state index < -0.39 is 6.41 Å². The highest BCUT2D eigenvalue weighted by Crippen LogP contribution is 2.02. The van der Waals surface area contributed by atoms with Crippen molar-refractivity contribution in [1.82, 2.24) is 5.32 Å². The third-order valence-corrected chi connectivity index (χ3v) is 1.38. The van der Waals surface area contributed by atoms with E-state index in [9.17, 15) is 4.79 Å². The third kappa shape index (κ3) is 2.48. The Hall–Kier alpha value is -0.610. The van der Waals surface area contributed by atoms with Gasteiger partial charge >= 0.3 is 5.97 Å². The second-order valence-electron chi connectivity index (χ2n) is 2.75. The number of ether oxygens (including phenoxy) is 2. The van der Waals surface area contributed by atoms with Crippen LogP contribution in [0.2, 0.25) is 0 Å². The number of esters is 1. The Morgan fingerprint density at radius 3 is 2.91 bits per heavy atom. The van der Waals surface area contributed by atoms with Crippen LogP contribution in [0.25, 0.3) is 0 Å². The Morgan fingerprint density at radius 1 is 1.73 bits per heavy atom. The third-order valence-electron chi connectivity index (χ3n) is 1.38. The molecule has 0 spiro atoms. The minimum Gasteiger partial charge on any atom is -0.421 e. The summed E-state index contributed by atoms with van der Waals surface area (Å²) in [5.41, 5.74) is 0. The second-order valence-corrected chi connectivity index (χ2v) is 2.75. The molecule has 11 heavy (non-hydrogen) atoms. The SMILES string of the molecule is CC(C)C(=O)OC1NCCO1. The van der Waals surface area contributed by atoms with Gasteiger partial charge in [-0.25, -0.2) is 0 Å². The van der Waals surface area contributed by atoms with Crippen molar-refractivity contribution in [2.24, 2.45) is 5.92 Å². The van der Waals surface area contributed by atoms with Crippen LogP contribution >= 0.6 is 0 Å². The van der Waals surface area contributed by atoms with E-state index >= 15 is 0 Å². The van der Waals surface area contributed by atoms with Crippen molar-refractivity contribution < 1.29 is 14.3 Å². The van der Waals surface area contributed by atoms with E-state index in [0.717, 1.165) is 6.54 Å². The summed E-state index contributed by atoms with van der Waals surface area (Å²) in [6, 6.07) is 0. The van der Waals surface area contributed by atoms with E-state index in [1.165, 1.54) is 0 Å². The van der Waals surface area contributed by atoms with E-state index in [-0.39, 0.29) is 11.9 Å². The molecule has 0 aliphatic carbocycles. The number of hydrogen-bond donors (Lipinski definition) is 1. The molecular formula is C7H13NO3. The Labute approximate surface area is 65.9 Å². The van der Waals surface area contributed by atoms with Crippen molar-refractivity contribution in [3.63, 3.8) is 0 Å². The van der Waals surface area contributed by atoms with E-state index in [1.807, 2.05) is 0 Å². The minimum absolute atomic E-state index is 0.0963. The maximum absolute atomic E-state index is 11.0. The minimum atomic E-state index is -0.523. The zero-order valence-electron chi connectivity index (χ0n) is 6.79. The van der Waals surface area contributed by atoms with Gasteiger partial charge in [0.1, 0.15) is 0 Å². The van der Waals surface area contributed by atoms with Crippen LogP contribution in [0.15, 0.2) is 0 Å². The highest BCUT2D eigenvalue weighted by molar-refractivity contribution is 5.71. The van der Waals surface area contributed by atoms with E-state index in [2.05, 4.69) is 5.32 Å². The van der Waals surface area contributed by atoms with E-state index in [1.54, 1.807) is 13.8 Å². The van der Waals surface area contributed by atoms with Crippen LogP contribution in [0.5, 0.6) is 0 Å². The molecule has 0 amide bonds. The molecule has 1 aliphatic rings. The fourth-order valence-corrected chi connectivity index (χ4v) is 0.719. The Kier molecular flexibility index (Phi) is 2.84. The fourth-order valence-electron chi connectivity index (χ4n) is 0.719. The van der Waals surface area contributed by atoms with Gasteiger partial charge in [0.2, 0.25) is 0 Å². The number of carbonyl (C=O) groups excluding carboxylic acids is 1. The molecule has 1 atom stereocenters. The van der Waals surface area contributed by atoms with Crippen molar-refractivity contribution in [3.05, 3.63) is 0 Å². The molecule has 1 unspecified atom stereocenters. The molecule has 0 aromatic heterocycles. The molecule has 0 radical (unpaired) electrons. The van der Waals surface area contributed by atoms with Gasteiger partial charge in [-0.3, -0.25) is 10.1 Å². The Balaban J connectivity index is 2.24. The average molecular weight is 159 g/mol. The first kappa shape index (κ1) is 8.49. The Morgan fingerprint density at radius 2 is 2.45 bits per heavy atom. The van der Waals surface area contributed by atoms with Gasteiger partial charge in [-0.15, -0.1) is 0 Å². The Bertz CT molecular complexity index is 141. The molecular weight excluding hydrogens is 146 g/mol. The molecule has 64 valence electrons. The van der Waals surface area contributed by atoms with Crippen molar-refractivity contribution in [1.29, 1.82) is 0 Å². The molecule has 1 heterocycles. The van der Waals surface area contributed by atoms with Crippen LogP contribution in [-0.4, -0.2) is 25.5 Å². The maximum atomic E-state index is 11.0. The summed E-state index contributed by atoms with van der Waals surface area (Å²) >= 11 is 0. The number of hydrogen-bond acceptors (Lipinski definition) is 4. The lowest BCUT2D eigenvalue weighted by molar-refractivity contribution is -0.176. The number of carbonyl (C=O) groups is 1. The van der Waals surface area contributed by atoms with E-state index in [0.29, 0.717) is 6.61 Å². The molecule has 4 nitrogen and oxygen atoms in total. The van der Waals surface area contributed by atoms with Gasteiger partial charge in [0, 0.05) is 6.54 Å². The summed E-state index contributed by atoms with van der Waals surface area (Å²) in [5, 5.41) is 2.88. The lowest BCUT2D eigenvalue weighted by atomic mass is 10.2. The van der Waals surface area contributed by atoms with Gasteiger partial charge in [-0.2, -0.15) is 0 Å². The molecule has 4 heteroatoms. The van der Waals surface area contributed by atoms with E-state index in [4.69, 9.17) is 9.47 Å². The summed E-state index contributed by atoms with van der Waals surface area (Å²) in [5.74, 6) is -0.328. The number of rotatable bonds is 2. The first-order valence-corrected chi connectivity index (χ1v) is 3.75. The first-order chi connectivity index (χ1) is 5.20. The van der Waals surface area contributed by atoms with Gasteiger partial charge in [-0.05, 0) is 0 Å². The number of nitrogens with one attached hydrogen (secondary N) is 1. The summed E-state index contributed by atoms with van der Waals surface area (Å²) in [6.07, 6.45) is -0.523. The fraction of sp³-hybridized carbons (Fsp3) is 0.857. The smallest absolute Gasteiger partial charge is 0.311 e. The molecule has 0 saturated carbocycles. The van der Waals surface area contributed by atoms with Crippen LogP contribution in [-0.2, 0) is 14.3 Å². The van der Waals surface area contributed by atoms with Crippen molar-refractivity contribution in [2.45, 2.75) is 20.3 Å². The average Bonchev–Trinajstić information content (AvgIpc) is 2.39. The predicted octanol–water partition coefficient (Wildman–Crippen LogP) is 0.0890. The highest BCUT2D eigenvalue weighted by atomic mass is 16.7. The highest BCUT2D eigenvalue weighted by Gasteiger charge is 2.20. The largest absolute Gasteiger partial charge is 0.421 e. The molecule has 1 rings (SSSR count). The lowest BCUT2D eigenvalue weighted by Gasteiger charge is -2.12. The van der Waals surface area contributed by atoms with Crippen LogP contribution in [0, 0.1) is 5.92 Å². The molecule has 1 aliphatic heterocycles. The van der Waals surface area contributed by atoms with Crippen LogP contribution in [0.3, 0.4) is 0 Å². The predicted molar refractivity (Wildman–Crippen MR) is 38.7 cm³/mol. The molecule has 1 fully saturated rings. The summed E-state index contributed by atoms with van der Waals surface area (Å²) < 4.78 is 9.92. The summed E-state index contributed by atoms with van der Waals surface area (Å²) in [4.78, 5) is 11.0. The van der Waals surface area contributed by atoms with Crippen molar-refractivity contribution >= 4 is 5.97 Å². The van der Waals surface area contributed by atoms with Gasteiger partial charge in [0.15, 0.2) is 0 Å². The molecule has 0 bridgehead atoms. The molecule has 0 aromatic carbocycles. The zero-order chi connectivity index (χ0) is 8.27. The van der Waals surface area contributed by atoms with Crippen LogP contribution in [0.4, 0.5) is 0 Å². The van der Waals surface area contributed by atoms with Gasteiger partial charge in [-0.1, -0.05) is 13.8 Å². The van der Waals surface area contributed by atoms with Gasteiger partial charge in [0.05, 0.1) is 12.5 Å². The van der Waals surface area contributed by atoms with Gasteiger partial charge in [0.25, 0.3) is 6.41 Å². The first-order valence-electron chi connectivity index (χ1n) is 3.75. The molecule has 1 saturated heterocycles. The standard InChI is InChI=1S/C7H13NO3/c1-5(2)6(9)11-7-8-3-4-10-7/h5,7-8H,3-4H2,1-2H3. The molecule has 0 aromatic rings. The maximum Gasteiger partial charge on any atom is 0.311 e. The monoisotopic (exact) mass is 159 g/mol. The lowest BCUT2D eigenvalue weighted by Crippen LogP contribution is -2.30. The summed E-state index contributed by atoms with van der Waals surface area (Å²) in [7, 11) is 0. The molecule has 1 N–H and O–H groups in total. The van der Waals surface area contributed by atoms with Crippen molar-refractivity contribution in [2.75, 3.05) is 13.2 Å². The summed E-state index contributed by atoms with van der Waals surface area (Å²) in [6.45, 7) is 4.93. The normalized spacial score (nSPS) is 24.1.